The van der Waals surface area contributed by atoms with Crippen LogP contribution in [0, 0.1) is 21.4 Å². The van der Waals surface area contributed by atoms with Crippen LogP contribution in [0.2, 0.25) is 0 Å². The fourth-order valence-corrected chi connectivity index (χ4v) is 2.59. The molecule has 0 saturated heterocycles. The highest BCUT2D eigenvalue weighted by Crippen LogP contribution is 2.26. The van der Waals surface area contributed by atoms with Crippen molar-refractivity contribution in [3.05, 3.63) is 93.5 Å². The van der Waals surface area contributed by atoms with Gasteiger partial charge in [0.15, 0.2) is 0 Å². The van der Waals surface area contributed by atoms with Gasteiger partial charge in [0.05, 0.1) is 33.9 Å². The monoisotopic (exact) mass is 403 g/mol. The number of nitro groups is 1. The number of benzene rings is 3. The molecule has 3 aromatic carbocycles. The van der Waals surface area contributed by atoms with E-state index in [4.69, 9.17) is 10.00 Å². The molecule has 0 aromatic heterocycles. The Morgan fingerprint density at radius 3 is 2.40 bits per heavy atom. The van der Waals surface area contributed by atoms with Gasteiger partial charge in [0.25, 0.3) is 11.6 Å². The molecule has 9 nitrogen and oxygen atoms in total. The second-order valence-electron chi connectivity index (χ2n) is 6.02. The minimum absolute atomic E-state index is 0.0384. The molecule has 0 radical (unpaired) electrons. The quantitative estimate of drug-likeness (QED) is 0.463. The number of rotatable bonds is 6. The zero-order valence-electron chi connectivity index (χ0n) is 15.2. The number of carboxylic acid groups (broad SMARTS) is 1. The molecule has 0 fully saturated rings. The molecule has 0 aliphatic rings. The van der Waals surface area contributed by atoms with E-state index in [1.807, 2.05) is 6.07 Å². The first-order valence-electron chi connectivity index (χ1n) is 8.48. The first kappa shape index (κ1) is 20.0. The predicted octanol–water partition coefficient (Wildman–Crippen LogP) is 4.21. The van der Waals surface area contributed by atoms with E-state index in [1.165, 1.54) is 54.6 Å². The van der Waals surface area contributed by atoms with Crippen LogP contribution in [0.5, 0.6) is 11.5 Å². The number of hydrogen-bond donors (Lipinski definition) is 2. The summed E-state index contributed by atoms with van der Waals surface area (Å²) in [6, 6.07) is 17.4. The largest absolute Gasteiger partial charge is 0.478 e. The van der Waals surface area contributed by atoms with E-state index in [2.05, 4.69) is 5.32 Å². The van der Waals surface area contributed by atoms with E-state index in [-0.39, 0.29) is 39.6 Å². The van der Waals surface area contributed by atoms with Crippen LogP contribution < -0.4 is 10.1 Å². The average molecular weight is 403 g/mol. The second kappa shape index (κ2) is 8.53. The molecule has 9 heteroatoms. The van der Waals surface area contributed by atoms with Gasteiger partial charge < -0.3 is 15.2 Å². The summed E-state index contributed by atoms with van der Waals surface area (Å²) in [5, 5.41) is 31.6. The Bertz CT molecular complexity index is 1200. The minimum atomic E-state index is -1.29. The van der Waals surface area contributed by atoms with Gasteiger partial charge >= 0.3 is 5.97 Å². The summed E-state index contributed by atoms with van der Waals surface area (Å²) in [4.78, 5) is 34.3. The number of hydrogen-bond acceptors (Lipinski definition) is 6. The molecule has 3 rings (SSSR count). The molecule has 0 spiro atoms. The normalized spacial score (nSPS) is 9.97. The van der Waals surface area contributed by atoms with E-state index in [1.54, 1.807) is 12.1 Å². The Hall–Kier alpha value is -4.71. The number of nitrogens with zero attached hydrogens (tertiary/aromatic N) is 2. The number of anilines is 1. The van der Waals surface area contributed by atoms with Crippen LogP contribution in [-0.4, -0.2) is 21.9 Å². The Kier molecular flexibility index (Phi) is 5.70. The number of amides is 1. The molecule has 2 N–H and O–H groups in total. The molecule has 0 unspecified atom stereocenters. The number of carbonyl (C=O) groups excluding carboxylic acids is 1. The Balaban J connectivity index is 1.82. The standard InChI is InChI=1S/C21H13N3O6/c22-12-13-7-8-19(18(9-13)21(26)27)23-20(25)14-3-1-5-16(10-14)30-17-6-2-4-15(11-17)24(28)29/h1-11H,(H,23,25)(H,26,27). The average Bonchev–Trinajstić information content (AvgIpc) is 2.74. The summed E-state index contributed by atoms with van der Waals surface area (Å²) < 4.78 is 5.59. The Labute approximate surface area is 169 Å². The number of nitriles is 1. The van der Waals surface area contributed by atoms with E-state index in [9.17, 15) is 24.8 Å². The lowest BCUT2D eigenvalue weighted by molar-refractivity contribution is -0.384. The van der Waals surface area contributed by atoms with Crippen molar-refractivity contribution < 1.29 is 24.4 Å². The lowest BCUT2D eigenvalue weighted by atomic mass is 10.1. The van der Waals surface area contributed by atoms with Crippen LogP contribution in [0.1, 0.15) is 26.3 Å². The van der Waals surface area contributed by atoms with Gasteiger partial charge in [-0.3, -0.25) is 14.9 Å². The van der Waals surface area contributed by atoms with Crippen molar-refractivity contribution in [3.63, 3.8) is 0 Å². The van der Waals surface area contributed by atoms with Crippen LogP contribution >= 0.6 is 0 Å². The van der Waals surface area contributed by atoms with Gasteiger partial charge in [-0.15, -0.1) is 0 Å². The molecular weight excluding hydrogens is 390 g/mol. The summed E-state index contributed by atoms with van der Waals surface area (Å²) in [6.45, 7) is 0. The molecule has 1 amide bonds. The smallest absolute Gasteiger partial charge is 0.337 e. The third kappa shape index (κ3) is 4.58. The molecule has 0 atom stereocenters. The van der Waals surface area contributed by atoms with Gasteiger partial charge in [-0.25, -0.2) is 4.79 Å². The number of nitrogens with one attached hydrogen (secondary N) is 1. The van der Waals surface area contributed by atoms with Crippen molar-refractivity contribution in [3.8, 4) is 17.6 Å². The molecule has 148 valence electrons. The minimum Gasteiger partial charge on any atom is -0.478 e. The fourth-order valence-electron chi connectivity index (χ4n) is 2.59. The maximum absolute atomic E-state index is 12.6. The van der Waals surface area contributed by atoms with Gasteiger partial charge in [0.2, 0.25) is 0 Å². The summed E-state index contributed by atoms with van der Waals surface area (Å²) >= 11 is 0. The first-order valence-corrected chi connectivity index (χ1v) is 8.48. The number of non-ortho nitro benzene ring substituents is 1. The van der Waals surface area contributed by atoms with Crippen LogP contribution in [0.3, 0.4) is 0 Å². The second-order valence-corrected chi connectivity index (χ2v) is 6.02. The van der Waals surface area contributed by atoms with E-state index in [0.717, 1.165) is 0 Å². The molecule has 0 saturated carbocycles. The highest BCUT2D eigenvalue weighted by molar-refractivity contribution is 6.08. The Morgan fingerprint density at radius 1 is 1.03 bits per heavy atom. The zero-order chi connectivity index (χ0) is 21.7. The van der Waals surface area contributed by atoms with Crippen LogP contribution in [0.25, 0.3) is 0 Å². The van der Waals surface area contributed by atoms with Crippen molar-refractivity contribution >= 4 is 23.3 Å². The molecule has 0 aliphatic carbocycles. The topological polar surface area (TPSA) is 143 Å². The fraction of sp³-hybridized carbons (Fsp3) is 0. The molecular formula is C21H13N3O6. The number of nitro benzene ring substituents is 1. The van der Waals surface area contributed by atoms with E-state index >= 15 is 0 Å². The molecule has 30 heavy (non-hydrogen) atoms. The summed E-state index contributed by atoms with van der Waals surface area (Å²) in [6.07, 6.45) is 0. The van der Waals surface area contributed by atoms with Gasteiger partial charge in [-0.2, -0.15) is 5.26 Å². The Morgan fingerprint density at radius 2 is 1.73 bits per heavy atom. The van der Waals surface area contributed by atoms with Crippen molar-refractivity contribution in [2.24, 2.45) is 0 Å². The SMILES string of the molecule is N#Cc1ccc(NC(=O)c2cccc(Oc3cccc([N+](=O)[O-])c3)c2)c(C(=O)O)c1. The number of aromatic carboxylic acids is 1. The van der Waals surface area contributed by atoms with E-state index < -0.39 is 16.8 Å². The van der Waals surface area contributed by atoms with Gasteiger partial charge in [0.1, 0.15) is 11.5 Å². The molecule has 0 aliphatic heterocycles. The summed E-state index contributed by atoms with van der Waals surface area (Å²) in [7, 11) is 0. The van der Waals surface area contributed by atoms with E-state index in [0.29, 0.717) is 0 Å². The molecule has 0 heterocycles. The third-order valence-electron chi connectivity index (χ3n) is 3.99. The number of ether oxygens (including phenoxy) is 1. The molecule has 3 aromatic rings. The van der Waals surface area contributed by atoms with Gasteiger partial charge in [0, 0.05) is 11.6 Å². The summed E-state index contributed by atoms with van der Waals surface area (Å²) in [5.41, 5.74) is 0.0164. The first-order chi connectivity index (χ1) is 14.4. The summed E-state index contributed by atoms with van der Waals surface area (Å²) in [5.74, 6) is -1.39. The zero-order valence-corrected chi connectivity index (χ0v) is 15.2. The lowest BCUT2D eigenvalue weighted by Crippen LogP contribution is -2.15. The van der Waals surface area contributed by atoms with Crippen LogP contribution in [-0.2, 0) is 0 Å². The third-order valence-corrected chi connectivity index (χ3v) is 3.99. The van der Waals surface area contributed by atoms with Gasteiger partial charge in [-0.1, -0.05) is 12.1 Å². The maximum Gasteiger partial charge on any atom is 0.337 e. The van der Waals surface area contributed by atoms with Crippen molar-refractivity contribution in [1.29, 1.82) is 5.26 Å². The van der Waals surface area contributed by atoms with Crippen LogP contribution in [0.4, 0.5) is 11.4 Å². The van der Waals surface area contributed by atoms with Gasteiger partial charge in [-0.05, 0) is 42.5 Å². The van der Waals surface area contributed by atoms with Crippen LogP contribution in [0.15, 0.2) is 66.7 Å². The van der Waals surface area contributed by atoms with Crippen molar-refractivity contribution in [2.45, 2.75) is 0 Å². The number of carboxylic acids is 1. The van der Waals surface area contributed by atoms with Crippen molar-refractivity contribution in [2.75, 3.05) is 5.32 Å². The highest BCUT2D eigenvalue weighted by atomic mass is 16.6. The maximum atomic E-state index is 12.6. The lowest BCUT2D eigenvalue weighted by Gasteiger charge is -2.10. The predicted molar refractivity (Wildman–Crippen MR) is 106 cm³/mol. The molecule has 0 bridgehead atoms. The van der Waals surface area contributed by atoms with Crippen molar-refractivity contribution in [1.82, 2.24) is 0 Å². The highest BCUT2D eigenvalue weighted by Gasteiger charge is 2.15. The number of carbonyl (C=O) groups is 2.